The number of carboxylic acids is 1. The van der Waals surface area contributed by atoms with E-state index < -0.39 is 11.9 Å². The van der Waals surface area contributed by atoms with E-state index in [1.54, 1.807) is 11.9 Å². The molecule has 0 aromatic rings. The second-order valence-electron chi connectivity index (χ2n) is 4.80. The smallest absolute Gasteiger partial charge is 0.307 e. The van der Waals surface area contributed by atoms with Gasteiger partial charge in [-0.25, -0.2) is 0 Å². The van der Waals surface area contributed by atoms with Crippen molar-refractivity contribution in [2.45, 2.75) is 25.7 Å². The van der Waals surface area contributed by atoms with Crippen LogP contribution in [0.1, 0.15) is 25.7 Å². The Hall–Kier alpha value is -1.06. The minimum Gasteiger partial charge on any atom is -0.481 e. The topological polar surface area (TPSA) is 57.6 Å². The molecule has 0 aromatic heterocycles. The molecule has 0 unspecified atom stereocenters. The molecule has 2 fully saturated rings. The van der Waals surface area contributed by atoms with Gasteiger partial charge >= 0.3 is 5.97 Å². The Bertz CT molecular complexity index is 286. The maximum atomic E-state index is 11.8. The van der Waals surface area contributed by atoms with Gasteiger partial charge in [-0.2, -0.15) is 0 Å². The predicted octanol–water partition coefficient (Wildman–Crippen LogP) is 0.966. The van der Waals surface area contributed by atoms with Gasteiger partial charge in [0, 0.05) is 13.6 Å². The van der Waals surface area contributed by atoms with E-state index in [0.29, 0.717) is 12.3 Å². The first-order valence-electron chi connectivity index (χ1n) is 5.57. The highest BCUT2D eigenvalue weighted by atomic mass is 16.4. The highest BCUT2D eigenvalue weighted by molar-refractivity contribution is 5.89. The van der Waals surface area contributed by atoms with E-state index in [4.69, 9.17) is 5.11 Å². The molecule has 0 heterocycles. The summed E-state index contributed by atoms with van der Waals surface area (Å²) in [6.45, 7) is 0.807. The SMILES string of the molecule is CN(CC1CCC1)C(=O)[C@@H]1C[C@@H]1C(=O)O. The summed E-state index contributed by atoms with van der Waals surface area (Å²) in [7, 11) is 1.79. The highest BCUT2D eigenvalue weighted by Crippen LogP contribution is 2.40. The molecule has 15 heavy (non-hydrogen) atoms. The number of rotatable bonds is 4. The number of aliphatic carboxylic acids is 1. The monoisotopic (exact) mass is 211 g/mol. The Labute approximate surface area is 89.3 Å². The molecule has 0 radical (unpaired) electrons. The number of nitrogens with zero attached hydrogens (tertiary/aromatic N) is 1. The zero-order chi connectivity index (χ0) is 11.0. The fourth-order valence-corrected chi connectivity index (χ4v) is 2.18. The van der Waals surface area contributed by atoms with Crippen molar-refractivity contribution in [1.29, 1.82) is 0 Å². The van der Waals surface area contributed by atoms with Crippen molar-refractivity contribution < 1.29 is 14.7 Å². The molecule has 1 N–H and O–H groups in total. The number of carbonyl (C=O) groups is 2. The summed E-state index contributed by atoms with van der Waals surface area (Å²) in [5, 5.41) is 8.72. The molecule has 2 aliphatic carbocycles. The van der Waals surface area contributed by atoms with Crippen LogP contribution in [-0.2, 0) is 9.59 Å². The Morgan fingerprint density at radius 3 is 2.40 bits per heavy atom. The molecule has 2 atom stereocenters. The third-order valence-electron chi connectivity index (χ3n) is 3.56. The van der Waals surface area contributed by atoms with Crippen molar-refractivity contribution in [3.8, 4) is 0 Å². The van der Waals surface area contributed by atoms with E-state index in [1.807, 2.05) is 0 Å². The first-order chi connectivity index (χ1) is 7.09. The Morgan fingerprint density at radius 1 is 1.33 bits per heavy atom. The van der Waals surface area contributed by atoms with Crippen molar-refractivity contribution >= 4 is 11.9 Å². The van der Waals surface area contributed by atoms with Crippen LogP contribution in [0.3, 0.4) is 0 Å². The summed E-state index contributed by atoms with van der Waals surface area (Å²) in [4.78, 5) is 24.1. The molecule has 2 aliphatic rings. The average molecular weight is 211 g/mol. The molecule has 0 bridgehead atoms. The number of hydrogen-bond acceptors (Lipinski definition) is 2. The lowest BCUT2D eigenvalue weighted by Crippen LogP contribution is -2.35. The van der Waals surface area contributed by atoms with Crippen LogP contribution >= 0.6 is 0 Å². The summed E-state index contributed by atoms with van der Waals surface area (Å²) in [5.41, 5.74) is 0. The van der Waals surface area contributed by atoms with Gasteiger partial charge in [0.15, 0.2) is 0 Å². The van der Waals surface area contributed by atoms with Crippen molar-refractivity contribution in [3.05, 3.63) is 0 Å². The molecule has 84 valence electrons. The number of hydrogen-bond donors (Lipinski definition) is 1. The first kappa shape index (κ1) is 10.5. The van der Waals surface area contributed by atoms with E-state index in [0.717, 1.165) is 6.54 Å². The van der Waals surface area contributed by atoms with Gasteiger partial charge in [-0.3, -0.25) is 9.59 Å². The fraction of sp³-hybridized carbons (Fsp3) is 0.818. The van der Waals surface area contributed by atoms with Gasteiger partial charge in [0.2, 0.25) is 5.91 Å². The van der Waals surface area contributed by atoms with E-state index in [1.165, 1.54) is 19.3 Å². The Kier molecular flexibility index (Phi) is 2.67. The molecule has 0 saturated heterocycles. The molecule has 0 spiro atoms. The molecule has 1 amide bonds. The van der Waals surface area contributed by atoms with Crippen molar-refractivity contribution in [2.75, 3.05) is 13.6 Å². The predicted molar refractivity (Wildman–Crippen MR) is 54.2 cm³/mol. The van der Waals surface area contributed by atoms with Gasteiger partial charge in [0.05, 0.1) is 11.8 Å². The average Bonchev–Trinajstić information content (AvgIpc) is 2.88. The molecular formula is C11H17NO3. The second-order valence-corrected chi connectivity index (χ2v) is 4.80. The maximum absolute atomic E-state index is 11.8. The van der Waals surface area contributed by atoms with Gasteiger partial charge < -0.3 is 10.0 Å². The number of carboxylic acid groups (broad SMARTS) is 1. The lowest BCUT2D eigenvalue weighted by atomic mass is 9.85. The van der Waals surface area contributed by atoms with Crippen LogP contribution in [0.4, 0.5) is 0 Å². The van der Waals surface area contributed by atoms with Crippen LogP contribution in [-0.4, -0.2) is 35.5 Å². The standard InChI is InChI=1S/C11H17NO3/c1-12(6-7-3-2-4-7)10(13)8-5-9(8)11(14)15/h7-9H,2-6H2,1H3,(H,14,15)/t8-,9+/m1/s1. The van der Waals surface area contributed by atoms with Gasteiger partial charge in [-0.05, 0) is 25.2 Å². The molecule has 4 heteroatoms. The molecule has 2 saturated carbocycles. The first-order valence-corrected chi connectivity index (χ1v) is 5.57. The minimum atomic E-state index is -0.828. The highest BCUT2D eigenvalue weighted by Gasteiger charge is 2.49. The number of carbonyl (C=O) groups excluding carboxylic acids is 1. The Balaban J connectivity index is 1.78. The van der Waals surface area contributed by atoms with Crippen LogP contribution in [0.2, 0.25) is 0 Å². The van der Waals surface area contributed by atoms with Crippen molar-refractivity contribution in [3.63, 3.8) is 0 Å². The van der Waals surface area contributed by atoms with E-state index in [-0.39, 0.29) is 11.8 Å². The van der Waals surface area contributed by atoms with E-state index in [9.17, 15) is 9.59 Å². The van der Waals surface area contributed by atoms with Gasteiger partial charge in [-0.1, -0.05) is 6.42 Å². The summed E-state index contributed by atoms with van der Waals surface area (Å²) >= 11 is 0. The van der Waals surface area contributed by atoms with Crippen LogP contribution in [0.25, 0.3) is 0 Å². The molecule has 4 nitrogen and oxygen atoms in total. The summed E-state index contributed by atoms with van der Waals surface area (Å²) in [5.74, 6) is -0.811. The molecule has 0 aromatic carbocycles. The minimum absolute atomic E-state index is 0.0225. The lowest BCUT2D eigenvalue weighted by Gasteiger charge is -2.30. The third-order valence-corrected chi connectivity index (χ3v) is 3.56. The lowest BCUT2D eigenvalue weighted by molar-refractivity contribution is -0.141. The summed E-state index contributed by atoms with van der Waals surface area (Å²) in [6, 6.07) is 0. The van der Waals surface area contributed by atoms with Crippen LogP contribution < -0.4 is 0 Å². The maximum Gasteiger partial charge on any atom is 0.307 e. The van der Waals surface area contributed by atoms with Crippen molar-refractivity contribution in [1.82, 2.24) is 4.90 Å². The Morgan fingerprint density at radius 2 is 2.00 bits per heavy atom. The van der Waals surface area contributed by atoms with Crippen LogP contribution in [0.15, 0.2) is 0 Å². The zero-order valence-corrected chi connectivity index (χ0v) is 8.98. The largest absolute Gasteiger partial charge is 0.481 e. The molecule has 2 rings (SSSR count). The number of amides is 1. The quantitative estimate of drug-likeness (QED) is 0.753. The van der Waals surface area contributed by atoms with E-state index in [2.05, 4.69) is 0 Å². The summed E-state index contributed by atoms with van der Waals surface area (Å²) in [6.07, 6.45) is 4.23. The van der Waals surface area contributed by atoms with Crippen LogP contribution in [0.5, 0.6) is 0 Å². The summed E-state index contributed by atoms with van der Waals surface area (Å²) < 4.78 is 0. The van der Waals surface area contributed by atoms with Gasteiger partial charge in [0.25, 0.3) is 0 Å². The van der Waals surface area contributed by atoms with Crippen LogP contribution in [0, 0.1) is 17.8 Å². The molecule has 0 aliphatic heterocycles. The van der Waals surface area contributed by atoms with Gasteiger partial charge in [0.1, 0.15) is 0 Å². The van der Waals surface area contributed by atoms with E-state index >= 15 is 0 Å². The molecular weight excluding hydrogens is 194 g/mol. The van der Waals surface area contributed by atoms with Crippen molar-refractivity contribution in [2.24, 2.45) is 17.8 Å². The zero-order valence-electron chi connectivity index (χ0n) is 8.98. The third kappa shape index (κ3) is 2.13. The second kappa shape index (κ2) is 3.83. The fourth-order valence-electron chi connectivity index (χ4n) is 2.18. The van der Waals surface area contributed by atoms with Gasteiger partial charge in [-0.15, -0.1) is 0 Å². The normalized spacial score (nSPS) is 29.4.